The molecule has 1 aromatic heterocycles. The van der Waals surface area contributed by atoms with Crippen molar-refractivity contribution in [1.82, 2.24) is 9.88 Å². The minimum atomic E-state index is -0.693. The van der Waals surface area contributed by atoms with Crippen molar-refractivity contribution in [2.45, 2.75) is 51.7 Å². The molecular weight excluding hydrogens is 406 g/mol. The molecule has 0 atom stereocenters. The van der Waals surface area contributed by atoms with Crippen molar-refractivity contribution in [3.63, 3.8) is 0 Å². The highest BCUT2D eigenvalue weighted by Crippen LogP contribution is 2.24. The topological polar surface area (TPSA) is 100 Å². The molecule has 30 heavy (non-hydrogen) atoms. The number of amides is 2. The van der Waals surface area contributed by atoms with Gasteiger partial charge in [-0.3, -0.25) is 14.4 Å². The maximum Gasteiger partial charge on any atom is 0.294 e. The second-order valence-electron chi connectivity index (χ2n) is 7.77. The minimum absolute atomic E-state index is 0.128. The summed E-state index contributed by atoms with van der Waals surface area (Å²) in [7, 11) is 1.66. The van der Waals surface area contributed by atoms with E-state index >= 15 is 0 Å². The van der Waals surface area contributed by atoms with Crippen molar-refractivity contribution < 1.29 is 19.5 Å². The number of ketones is 1. The number of rotatable bonds is 5. The highest BCUT2D eigenvalue weighted by molar-refractivity contribution is 6.43. The summed E-state index contributed by atoms with van der Waals surface area (Å²) in [6.45, 7) is 3.40. The Balaban J connectivity index is 1.80. The van der Waals surface area contributed by atoms with E-state index in [0.717, 1.165) is 0 Å². The lowest BCUT2D eigenvalue weighted by molar-refractivity contribution is -0.118. The van der Waals surface area contributed by atoms with Gasteiger partial charge in [-0.1, -0.05) is 17.7 Å². The predicted molar refractivity (Wildman–Crippen MR) is 115 cm³/mol. The predicted octanol–water partition coefficient (Wildman–Crippen LogP) is 3.15. The Bertz CT molecular complexity index is 991. The fraction of sp³-hybridized carbons (Fsp3) is 0.409. The number of aliphatic hydroxyl groups excluding tert-OH is 1. The summed E-state index contributed by atoms with van der Waals surface area (Å²) in [5.74, 6) is -1.74. The molecule has 0 spiro atoms. The van der Waals surface area contributed by atoms with Crippen LogP contribution in [0.5, 0.6) is 0 Å². The van der Waals surface area contributed by atoms with Crippen molar-refractivity contribution in [3.8, 4) is 0 Å². The number of benzene rings is 1. The number of anilines is 1. The van der Waals surface area contributed by atoms with E-state index < -0.39 is 11.7 Å². The monoisotopic (exact) mass is 431 g/mol. The maximum atomic E-state index is 12.9. The Labute approximate surface area is 180 Å². The molecule has 0 saturated heterocycles. The first kappa shape index (κ1) is 22.1. The number of nitrogens with one attached hydrogen (secondary N) is 2. The summed E-state index contributed by atoms with van der Waals surface area (Å²) in [6.07, 6.45) is 2.15. The molecule has 160 valence electrons. The zero-order valence-electron chi connectivity index (χ0n) is 17.3. The molecule has 8 heteroatoms. The fourth-order valence-electron chi connectivity index (χ4n) is 3.97. The van der Waals surface area contributed by atoms with Crippen molar-refractivity contribution in [1.29, 1.82) is 0 Å². The Morgan fingerprint density at radius 1 is 1.13 bits per heavy atom. The van der Waals surface area contributed by atoms with E-state index in [9.17, 15) is 19.5 Å². The van der Waals surface area contributed by atoms with Gasteiger partial charge in [0, 0.05) is 29.5 Å². The highest BCUT2D eigenvalue weighted by atomic mass is 35.5. The van der Waals surface area contributed by atoms with Gasteiger partial charge in [-0.15, -0.1) is 0 Å². The van der Waals surface area contributed by atoms with E-state index in [0.29, 0.717) is 53.2 Å². The Kier molecular flexibility index (Phi) is 6.63. The second kappa shape index (κ2) is 9.02. The van der Waals surface area contributed by atoms with Gasteiger partial charge in [0.25, 0.3) is 17.6 Å². The van der Waals surface area contributed by atoms with E-state index in [1.165, 1.54) is 0 Å². The van der Waals surface area contributed by atoms with E-state index in [1.54, 1.807) is 49.7 Å². The normalized spacial score (nSPS) is 18.7. The molecule has 1 saturated carbocycles. The molecule has 0 aliphatic heterocycles. The summed E-state index contributed by atoms with van der Waals surface area (Å²) in [4.78, 5) is 38.3. The third-order valence-corrected chi connectivity index (χ3v) is 5.93. The number of carbonyl (C=O) groups excluding carboxylic acids is 3. The zero-order valence-corrected chi connectivity index (χ0v) is 18.0. The van der Waals surface area contributed by atoms with Gasteiger partial charge < -0.3 is 20.3 Å². The van der Waals surface area contributed by atoms with E-state index in [4.69, 9.17) is 11.6 Å². The van der Waals surface area contributed by atoms with Gasteiger partial charge in [-0.2, -0.15) is 0 Å². The van der Waals surface area contributed by atoms with Crippen LogP contribution in [0.25, 0.3) is 0 Å². The van der Waals surface area contributed by atoms with Gasteiger partial charge in [0.1, 0.15) is 0 Å². The van der Waals surface area contributed by atoms with Gasteiger partial charge in [-0.05, 0) is 63.3 Å². The van der Waals surface area contributed by atoms with E-state index in [2.05, 4.69) is 10.6 Å². The molecule has 0 unspecified atom stereocenters. The number of hydrogen-bond acceptors (Lipinski definition) is 4. The van der Waals surface area contributed by atoms with Crippen LogP contribution in [0.2, 0.25) is 5.02 Å². The van der Waals surface area contributed by atoms with Crippen LogP contribution in [0.4, 0.5) is 5.69 Å². The molecule has 7 nitrogen and oxygen atoms in total. The largest absolute Gasteiger partial charge is 0.393 e. The van der Waals surface area contributed by atoms with Crippen molar-refractivity contribution >= 4 is 34.9 Å². The third-order valence-electron chi connectivity index (χ3n) is 5.69. The van der Waals surface area contributed by atoms with E-state index in [1.807, 2.05) is 0 Å². The second-order valence-corrected chi connectivity index (χ2v) is 8.20. The highest BCUT2D eigenvalue weighted by Gasteiger charge is 2.30. The summed E-state index contributed by atoms with van der Waals surface area (Å²) in [6, 6.07) is 6.66. The first-order chi connectivity index (χ1) is 14.2. The van der Waals surface area contributed by atoms with Gasteiger partial charge >= 0.3 is 0 Å². The lowest BCUT2D eigenvalue weighted by Crippen LogP contribution is -2.42. The average molecular weight is 432 g/mol. The van der Waals surface area contributed by atoms with Crippen LogP contribution in [-0.2, 0) is 11.8 Å². The summed E-state index contributed by atoms with van der Waals surface area (Å²) in [5.41, 5.74) is 2.13. The Morgan fingerprint density at radius 2 is 1.80 bits per heavy atom. The van der Waals surface area contributed by atoms with Crippen molar-refractivity contribution in [3.05, 3.63) is 51.8 Å². The number of nitrogens with zero attached hydrogens (tertiary/aromatic N) is 1. The van der Waals surface area contributed by atoms with Crippen LogP contribution >= 0.6 is 11.6 Å². The maximum absolute atomic E-state index is 12.9. The standard InChI is InChI=1S/C22H26ClN3O4/c1-12-18(21(29)25-16-6-4-5-14(23)11-16)13(2)26(3)19(12)20(28)22(30)24-15-7-9-17(27)10-8-15/h4-6,11,15,17,27H,7-10H2,1-3H3,(H,24,30)(H,25,29). The number of halogens is 1. The number of Topliss-reactive ketones (excluding diaryl/α,β-unsaturated/α-hetero) is 1. The SMILES string of the molecule is Cc1c(C(=O)Nc2cccc(Cl)c2)c(C)n(C)c1C(=O)C(=O)NC1CCC(O)CC1. The quantitative estimate of drug-likeness (QED) is 0.500. The third kappa shape index (κ3) is 4.57. The number of aromatic nitrogens is 1. The first-order valence-electron chi connectivity index (χ1n) is 9.95. The lowest BCUT2D eigenvalue weighted by atomic mass is 9.93. The summed E-state index contributed by atoms with van der Waals surface area (Å²) in [5, 5.41) is 15.7. The Hall–Kier alpha value is -2.64. The fourth-order valence-corrected chi connectivity index (χ4v) is 4.16. The molecule has 0 radical (unpaired) electrons. The first-order valence-corrected chi connectivity index (χ1v) is 10.3. The Morgan fingerprint density at radius 3 is 2.43 bits per heavy atom. The molecule has 1 aliphatic carbocycles. The van der Waals surface area contributed by atoms with Gasteiger partial charge in [0.2, 0.25) is 0 Å². The number of aliphatic hydroxyl groups is 1. The molecule has 1 aliphatic rings. The van der Waals surface area contributed by atoms with E-state index in [-0.39, 0.29) is 23.7 Å². The van der Waals surface area contributed by atoms with Crippen LogP contribution in [0.15, 0.2) is 24.3 Å². The smallest absolute Gasteiger partial charge is 0.294 e. The molecule has 2 amide bonds. The molecule has 3 rings (SSSR count). The molecule has 0 bridgehead atoms. The summed E-state index contributed by atoms with van der Waals surface area (Å²) >= 11 is 5.97. The van der Waals surface area contributed by atoms with Gasteiger partial charge in [0.05, 0.1) is 17.4 Å². The van der Waals surface area contributed by atoms with Crippen molar-refractivity contribution in [2.24, 2.45) is 7.05 Å². The number of carbonyl (C=O) groups is 3. The average Bonchev–Trinajstić information content (AvgIpc) is 2.91. The lowest BCUT2D eigenvalue weighted by Gasteiger charge is -2.25. The summed E-state index contributed by atoms with van der Waals surface area (Å²) < 4.78 is 1.58. The number of hydrogen-bond donors (Lipinski definition) is 3. The minimum Gasteiger partial charge on any atom is -0.393 e. The van der Waals surface area contributed by atoms with Crippen LogP contribution < -0.4 is 10.6 Å². The zero-order chi connectivity index (χ0) is 22.0. The molecule has 1 aromatic carbocycles. The molecule has 1 heterocycles. The van der Waals surface area contributed by atoms with Crippen LogP contribution in [0.1, 0.15) is 57.8 Å². The van der Waals surface area contributed by atoms with Crippen molar-refractivity contribution in [2.75, 3.05) is 5.32 Å². The molecule has 2 aromatic rings. The van der Waals surface area contributed by atoms with Gasteiger partial charge in [0.15, 0.2) is 0 Å². The van der Waals surface area contributed by atoms with Crippen LogP contribution in [0.3, 0.4) is 0 Å². The molecule has 1 fully saturated rings. The van der Waals surface area contributed by atoms with Gasteiger partial charge in [-0.25, -0.2) is 0 Å². The van der Waals surface area contributed by atoms with Crippen LogP contribution in [-0.4, -0.2) is 39.4 Å². The molecule has 3 N–H and O–H groups in total. The van der Waals surface area contributed by atoms with Crippen LogP contribution in [0, 0.1) is 13.8 Å². The molecular formula is C22H26ClN3O4.